The van der Waals surface area contributed by atoms with E-state index in [-0.39, 0.29) is 5.16 Å². The van der Waals surface area contributed by atoms with Gasteiger partial charge in [0.1, 0.15) is 0 Å². The molecule has 0 fully saturated rings. The van der Waals surface area contributed by atoms with Crippen LogP contribution in [0.2, 0.25) is 0 Å². The van der Waals surface area contributed by atoms with E-state index in [1.165, 1.54) is 6.20 Å². The summed E-state index contributed by atoms with van der Waals surface area (Å²) in [6, 6.07) is 13.4. The third kappa shape index (κ3) is 2.10. The van der Waals surface area contributed by atoms with Crippen LogP contribution in [0.25, 0.3) is 16.8 Å². The van der Waals surface area contributed by atoms with E-state index in [4.69, 9.17) is 0 Å². The van der Waals surface area contributed by atoms with E-state index in [1.54, 1.807) is 4.52 Å². The zero-order chi connectivity index (χ0) is 13.5. The largest absolute Gasteiger partial charge is 0.265 e. The molecule has 0 bridgehead atoms. The molecule has 19 heavy (non-hydrogen) atoms. The molecule has 0 saturated carbocycles. The number of fused-ring (bicyclic) bond motifs is 1. The Hall–Kier alpha value is -2.21. The minimum atomic E-state index is -3.41. The van der Waals surface area contributed by atoms with Gasteiger partial charge in [-0.25, -0.2) is 17.9 Å². The molecule has 96 valence electrons. The van der Waals surface area contributed by atoms with E-state index in [0.717, 1.165) is 23.0 Å². The van der Waals surface area contributed by atoms with E-state index < -0.39 is 9.84 Å². The topological polar surface area (TPSA) is 64.3 Å². The lowest BCUT2D eigenvalue weighted by molar-refractivity contribution is 0.587. The van der Waals surface area contributed by atoms with Gasteiger partial charge in [-0.2, -0.15) is 0 Å². The van der Waals surface area contributed by atoms with Gasteiger partial charge in [-0.15, -0.1) is 5.10 Å². The van der Waals surface area contributed by atoms with Gasteiger partial charge in [-0.1, -0.05) is 30.3 Å². The minimum Gasteiger partial charge on any atom is -0.229 e. The molecule has 0 aliphatic heterocycles. The summed E-state index contributed by atoms with van der Waals surface area (Å²) in [5.74, 6) is 0. The van der Waals surface area contributed by atoms with Crippen molar-refractivity contribution in [3.8, 4) is 11.3 Å². The van der Waals surface area contributed by atoms with Crippen molar-refractivity contribution in [2.24, 2.45) is 0 Å². The zero-order valence-electron chi connectivity index (χ0n) is 10.2. The van der Waals surface area contributed by atoms with Crippen molar-refractivity contribution in [1.82, 2.24) is 14.6 Å². The second-order valence-electron chi connectivity index (χ2n) is 4.23. The summed E-state index contributed by atoms with van der Waals surface area (Å²) >= 11 is 0. The molecule has 0 atom stereocenters. The molecule has 3 rings (SSSR count). The van der Waals surface area contributed by atoms with Crippen LogP contribution < -0.4 is 0 Å². The van der Waals surface area contributed by atoms with Crippen LogP contribution in [-0.2, 0) is 9.84 Å². The maximum absolute atomic E-state index is 11.5. The van der Waals surface area contributed by atoms with Crippen LogP contribution in [0.3, 0.4) is 0 Å². The van der Waals surface area contributed by atoms with Crippen molar-refractivity contribution in [3.05, 3.63) is 48.7 Å². The fourth-order valence-corrected chi connectivity index (χ4v) is 2.36. The predicted molar refractivity (Wildman–Crippen MR) is 71.5 cm³/mol. The second kappa shape index (κ2) is 4.17. The number of rotatable bonds is 2. The Balaban J connectivity index is 2.28. The maximum atomic E-state index is 11.5. The quantitative estimate of drug-likeness (QED) is 0.714. The molecule has 0 aliphatic rings. The number of hydrogen-bond donors (Lipinski definition) is 0. The number of nitrogens with zero attached hydrogens (tertiary/aromatic N) is 3. The standard InChI is InChI=1S/C13H11N3O2S/c1-19(17,18)13-14-9-11-7-8-12(16(11)15-13)10-5-3-2-4-6-10/h2-9H,1H3. The molecule has 0 unspecified atom stereocenters. The van der Waals surface area contributed by atoms with Gasteiger partial charge in [0.2, 0.25) is 9.84 Å². The van der Waals surface area contributed by atoms with Crippen LogP contribution in [0.15, 0.2) is 53.8 Å². The molecule has 0 aliphatic carbocycles. The first-order valence-electron chi connectivity index (χ1n) is 5.66. The van der Waals surface area contributed by atoms with Crippen LogP contribution in [0.1, 0.15) is 0 Å². The van der Waals surface area contributed by atoms with Gasteiger partial charge in [0.15, 0.2) is 0 Å². The SMILES string of the molecule is CS(=O)(=O)c1ncc2ccc(-c3ccccc3)n2n1. The lowest BCUT2D eigenvalue weighted by atomic mass is 10.2. The highest BCUT2D eigenvalue weighted by Gasteiger charge is 2.13. The van der Waals surface area contributed by atoms with Crippen LogP contribution in [-0.4, -0.2) is 29.3 Å². The molecule has 3 aromatic rings. The van der Waals surface area contributed by atoms with Crippen molar-refractivity contribution < 1.29 is 8.42 Å². The molecule has 0 amide bonds. The number of hydrogen-bond acceptors (Lipinski definition) is 4. The smallest absolute Gasteiger partial charge is 0.229 e. The van der Waals surface area contributed by atoms with E-state index in [9.17, 15) is 8.42 Å². The average molecular weight is 273 g/mol. The first kappa shape index (κ1) is 11.9. The summed E-state index contributed by atoms with van der Waals surface area (Å²) in [4.78, 5) is 3.87. The normalized spacial score (nSPS) is 11.8. The van der Waals surface area contributed by atoms with E-state index in [1.807, 2.05) is 42.5 Å². The van der Waals surface area contributed by atoms with Crippen molar-refractivity contribution in [3.63, 3.8) is 0 Å². The Kier molecular flexibility index (Phi) is 2.60. The third-order valence-corrected chi connectivity index (χ3v) is 3.63. The summed E-state index contributed by atoms with van der Waals surface area (Å²) in [6.45, 7) is 0. The fraction of sp³-hybridized carbons (Fsp3) is 0.0769. The summed E-state index contributed by atoms with van der Waals surface area (Å²) in [7, 11) is -3.41. The molecule has 1 aromatic carbocycles. The molecule has 0 spiro atoms. The van der Waals surface area contributed by atoms with E-state index in [2.05, 4.69) is 10.1 Å². The predicted octanol–water partition coefficient (Wildman–Crippen LogP) is 1.80. The van der Waals surface area contributed by atoms with Crippen molar-refractivity contribution in [2.75, 3.05) is 6.26 Å². The minimum absolute atomic E-state index is 0.173. The Morgan fingerprint density at radius 1 is 1.05 bits per heavy atom. The molecule has 0 radical (unpaired) electrons. The van der Waals surface area contributed by atoms with Crippen molar-refractivity contribution in [2.45, 2.75) is 5.16 Å². The summed E-state index contributed by atoms with van der Waals surface area (Å²) in [5, 5.41) is 3.93. The highest BCUT2D eigenvalue weighted by atomic mass is 32.2. The lowest BCUT2D eigenvalue weighted by Gasteiger charge is -2.03. The van der Waals surface area contributed by atoms with Crippen LogP contribution >= 0.6 is 0 Å². The van der Waals surface area contributed by atoms with E-state index in [0.29, 0.717) is 0 Å². The molecule has 2 heterocycles. The Morgan fingerprint density at radius 2 is 1.79 bits per heavy atom. The zero-order valence-corrected chi connectivity index (χ0v) is 11.0. The number of benzene rings is 1. The Morgan fingerprint density at radius 3 is 2.47 bits per heavy atom. The monoisotopic (exact) mass is 273 g/mol. The Bertz CT molecular complexity index is 839. The van der Waals surface area contributed by atoms with Gasteiger partial charge in [0, 0.05) is 11.8 Å². The highest BCUT2D eigenvalue weighted by molar-refractivity contribution is 7.90. The molecule has 5 nitrogen and oxygen atoms in total. The highest BCUT2D eigenvalue weighted by Crippen LogP contribution is 2.21. The third-order valence-electron chi connectivity index (χ3n) is 2.78. The summed E-state index contributed by atoms with van der Waals surface area (Å²) in [5.41, 5.74) is 2.56. The summed E-state index contributed by atoms with van der Waals surface area (Å²) < 4.78 is 24.6. The van der Waals surface area contributed by atoms with Crippen LogP contribution in [0.4, 0.5) is 0 Å². The van der Waals surface area contributed by atoms with Gasteiger partial charge < -0.3 is 0 Å². The average Bonchev–Trinajstić information content (AvgIpc) is 2.81. The second-order valence-corrected chi connectivity index (χ2v) is 6.14. The molecule has 6 heteroatoms. The van der Waals surface area contributed by atoms with Gasteiger partial charge in [-0.05, 0) is 12.1 Å². The van der Waals surface area contributed by atoms with Gasteiger partial charge in [0.25, 0.3) is 5.16 Å². The number of sulfone groups is 1. The van der Waals surface area contributed by atoms with Gasteiger partial charge >= 0.3 is 0 Å². The molecule has 0 N–H and O–H groups in total. The molecule has 0 saturated heterocycles. The van der Waals surface area contributed by atoms with E-state index >= 15 is 0 Å². The number of aromatic nitrogens is 3. The molecule has 2 aromatic heterocycles. The summed E-state index contributed by atoms with van der Waals surface area (Å²) in [6.07, 6.45) is 2.61. The first-order chi connectivity index (χ1) is 9.05. The molecular weight excluding hydrogens is 262 g/mol. The molecular formula is C13H11N3O2S. The van der Waals surface area contributed by atoms with Crippen molar-refractivity contribution in [1.29, 1.82) is 0 Å². The lowest BCUT2D eigenvalue weighted by Crippen LogP contribution is -2.07. The fourth-order valence-electron chi connectivity index (χ4n) is 1.88. The maximum Gasteiger partial charge on any atom is 0.265 e. The van der Waals surface area contributed by atoms with Crippen LogP contribution in [0.5, 0.6) is 0 Å². The Labute approximate surface area is 110 Å². The van der Waals surface area contributed by atoms with Gasteiger partial charge in [-0.3, -0.25) is 0 Å². The van der Waals surface area contributed by atoms with Crippen LogP contribution in [0, 0.1) is 0 Å². The van der Waals surface area contributed by atoms with Crippen molar-refractivity contribution >= 4 is 15.4 Å². The van der Waals surface area contributed by atoms with Gasteiger partial charge in [0.05, 0.1) is 17.4 Å². The first-order valence-corrected chi connectivity index (χ1v) is 7.55.